The zero-order valence-electron chi connectivity index (χ0n) is 17.8. The summed E-state index contributed by atoms with van der Waals surface area (Å²) in [5.74, 6) is 0.0516. The molecule has 1 heterocycles. The van der Waals surface area contributed by atoms with E-state index < -0.39 is 11.6 Å². The molecule has 3 N–H and O–H groups in total. The highest BCUT2D eigenvalue weighted by atomic mass is 16.5. The predicted octanol–water partition coefficient (Wildman–Crippen LogP) is 4.73. The van der Waals surface area contributed by atoms with Crippen LogP contribution in [0, 0.1) is 0 Å². The summed E-state index contributed by atoms with van der Waals surface area (Å²) in [6.07, 6.45) is 0. The maximum absolute atomic E-state index is 11.3. The summed E-state index contributed by atoms with van der Waals surface area (Å²) in [5.41, 5.74) is 2.72. The Hall–Kier alpha value is -3.84. The van der Waals surface area contributed by atoms with Gasteiger partial charge in [0.05, 0.1) is 0 Å². The van der Waals surface area contributed by atoms with Crippen molar-refractivity contribution in [2.24, 2.45) is 0 Å². The van der Waals surface area contributed by atoms with Crippen LogP contribution < -0.4 is 10.1 Å². The number of fused-ring (bicyclic) bond motifs is 1. The van der Waals surface area contributed by atoms with Crippen molar-refractivity contribution in [3.8, 4) is 23.0 Å². The van der Waals surface area contributed by atoms with Gasteiger partial charge in [0.2, 0.25) is 5.89 Å². The van der Waals surface area contributed by atoms with Crippen molar-refractivity contribution in [3.63, 3.8) is 0 Å². The van der Waals surface area contributed by atoms with Crippen LogP contribution in [0.1, 0.15) is 25.0 Å². The molecule has 0 saturated carbocycles. The number of para-hydroxylation sites is 2. The highest BCUT2D eigenvalue weighted by Gasteiger charge is 2.29. The number of ether oxygens (including phenoxy) is 1. The fraction of sp³-hybridized carbons (Fsp3) is 0.200. The third-order valence-corrected chi connectivity index (χ3v) is 5.05. The minimum absolute atomic E-state index is 0.136. The summed E-state index contributed by atoms with van der Waals surface area (Å²) in [6, 6.07) is 19.9. The van der Waals surface area contributed by atoms with Crippen molar-refractivity contribution in [1.82, 2.24) is 10.3 Å². The van der Waals surface area contributed by atoms with E-state index in [0.717, 1.165) is 16.6 Å². The number of aliphatic carboxylic acids is 1. The number of phenolic OH excluding ortho intramolecular Hbond substituents is 1. The van der Waals surface area contributed by atoms with E-state index in [1.165, 1.54) is 13.8 Å². The van der Waals surface area contributed by atoms with Crippen LogP contribution in [0.25, 0.3) is 22.6 Å². The van der Waals surface area contributed by atoms with Crippen LogP contribution >= 0.6 is 0 Å². The SMILES string of the molecule is CC(C)(Oc1cccc(CNCc2ccc(O)cc2-c2nc3ccccc3o2)c1)C(=O)O. The van der Waals surface area contributed by atoms with Crippen molar-refractivity contribution in [2.45, 2.75) is 32.5 Å². The Morgan fingerprint density at radius 3 is 2.66 bits per heavy atom. The van der Waals surface area contributed by atoms with Gasteiger partial charge in [0.15, 0.2) is 11.2 Å². The van der Waals surface area contributed by atoms with E-state index in [0.29, 0.717) is 35.9 Å². The maximum Gasteiger partial charge on any atom is 0.347 e. The second kappa shape index (κ2) is 8.72. The van der Waals surface area contributed by atoms with Crippen molar-refractivity contribution >= 4 is 17.1 Å². The molecule has 7 heteroatoms. The summed E-state index contributed by atoms with van der Waals surface area (Å²) in [5, 5.41) is 22.6. The van der Waals surface area contributed by atoms with Crippen molar-refractivity contribution in [3.05, 3.63) is 77.9 Å². The van der Waals surface area contributed by atoms with E-state index >= 15 is 0 Å². The maximum atomic E-state index is 11.3. The molecule has 0 spiro atoms. The first kappa shape index (κ1) is 21.4. The highest BCUT2D eigenvalue weighted by Crippen LogP contribution is 2.30. The average Bonchev–Trinajstić information content (AvgIpc) is 3.19. The molecule has 164 valence electrons. The number of benzene rings is 3. The molecule has 0 aliphatic rings. The standard InChI is InChI=1S/C25H24N2O5/c1-25(2,24(29)30)32-19-7-5-6-16(12-19)14-26-15-17-10-11-18(28)13-20(17)23-27-21-8-3-4-9-22(21)31-23/h3-13,26,28H,14-15H2,1-2H3,(H,29,30). The summed E-state index contributed by atoms with van der Waals surface area (Å²) < 4.78 is 11.5. The first-order chi connectivity index (χ1) is 15.3. The van der Waals surface area contributed by atoms with E-state index in [1.54, 1.807) is 18.2 Å². The second-order valence-electron chi connectivity index (χ2n) is 8.00. The van der Waals surface area contributed by atoms with Gasteiger partial charge in [0.1, 0.15) is 17.0 Å². The lowest BCUT2D eigenvalue weighted by molar-refractivity contribution is -0.152. The van der Waals surface area contributed by atoms with Gasteiger partial charge in [0.25, 0.3) is 0 Å². The molecule has 0 saturated heterocycles. The molecule has 32 heavy (non-hydrogen) atoms. The molecule has 4 rings (SSSR count). The average molecular weight is 432 g/mol. The van der Waals surface area contributed by atoms with Gasteiger partial charge in [0, 0.05) is 18.7 Å². The minimum atomic E-state index is -1.31. The van der Waals surface area contributed by atoms with Crippen LogP contribution in [0.3, 0.4) is 0 Å². The van der Waals surface area contributed by atoms with Crippen LogP contribution in [0.4, 0.5) is 0 Å². The number of aromatic nitrogens is 1. The van der Waals surface area contributed by atoms with E-state index in [4.69, 9.17) is 9.15 Å². The molecular weight excluding hydrogens is 408 g/mol. The van der Waals surface area contributed by atoms with Crippen molar-refractivity contribution in [1.29, 1.82) is 0 Å². The number of aromatic hydroxyl groups is 1. The Bertz CT molecular complexity index is 1230. The fourth-order valence-corrected chi connectivity index (χ4v) is 3.30. The van der Waals surface area contributed by atoms with Gasteiger partial charge in [-0.05, 0) is 61.4 Å². The monoisotopic (exact) mass is 432 g/mol. The molecule has 0 amide bonds. The van der Waals surface area contributed by atoms with E-state index in [9.17, 15) is 15.0 Å². The number of carbonyl (C=O) groups is 1. The molecule has 0 atom stereocenters. The predicted molar refractivity (Wildman–Crippen MR) is 120 cm³/mol. The molecule has 0 unspecified atom stereocenters. The Morgan fingerprint density at radius 2 is 1.88 bits per heavy atom. The van der Waals surface area contributed by atoms with E-state index in [-0.39, 0.29) is 5.75 Å². The normalized spacial score (nSPS) is 11.6. The summed E-state index contributed by atoms with van der Waals surface area (Å²) in [4.78, 5) is 15.8. The number of carboxylic acids is 1. The van der Waals surface area contributed by atoms with Gasteiger partial charge in [-0.15, -0.1) is 0 Å². The van der Waals surface area contributed by atoms with Crippen molar-refractivity contribution in [2.75, 3.05) is 0 Å². The third-order valence-electron chi connectivity index (χ3n) is 5.05. The molecule has 4 aromatic rings. The molecule has 3 aromatic carbocycles. The molecule has 0 fully saturated rings. The topological polar surface area (TPSA) is 105 Å². The molecule has 0 bridgehead atoms. The van der Waals surface area contributed by atoms with Crippen molar-refractivity contribution < 1.29 is 24.2 Å². The summed E-state index contributed by atoms with van der Waals surface area (Å²) in [7, 11) is 0. The Morgan fingerprint density at radius 1 is 1.06 bits per heavy atom. The Labute approximate surface area is 185 Å². The third kappa shape index (κ3) is 4.73. The Balaban J connectivity index is 1.48. The lowest BCUT2D eigenvalue weighted by atomic mass is 10.1. The van der Waals surface area contributed by atoms with Gasteiger partial charge in [-0.1, -0.05) is 30.3 Å². The van der Waals surface area contributed by atoms with Gasteiger partial charge >= 0.3 is 5.97 Å². The van der Waals surface area contributed by atoms with E-state index in [2.05, 4.69) is 10.3 Å². The van der Waals surface area contributed by atoms with Crippen LogP contribution in [-0.4, -0.2) is 26.8 Å². The lowest BCUT2D eigenvalue weighted by Gasteiger charge is -2.21. The molecule has 0 radical (unpaired) electrons. The number of oxazole rings is 1. The van der Waals surface area contributed by atoms with Gasteiger partial charge < -0.3 is 24.7 Å². The first-order valence-corrected chi connectivity index (χ1v) is 10.2. The summed E-state index contributed by atoms with van der Waals surface area (Å²) >= 11 is 0. The zero-order valence-corrected chi connectivity index (χ0v) is 17.8. The lowest BCUT2D eigenvalue weighted by Crippen LogP contribution is -2.37. The molecule has 0 aliphatic carbocycles. The number of carboxylic acid groups (broad SMARTS) is 1. The van der Waals surface area contributed by atoms with Gasteiger partial charge in [-0.3, -0.25) is 0 Å². The number of nitrogens with one attached hydrogen (secondary N) is 1. The molecule has 0 aliphatic heterocycles. The van der Waals surface area contributed by atoms with Crippen LogP contribution in [0.5, 0.6) is 11.5 Å². The number of nitrogens with zero attached hydrogens (tertiary/aromatic N) is 1. The zero-order chi connectivity index (χ0) is 22.7. The molecule has 1 aromatic heterocycles. The quantitative estimate of drug-likeness (QED) is 0.370. The number of hydrogen-bond donors (Lipinski definition) is 3. The largest absolute Gasteiger partial charge is 0.508 e. The second-order valence-corrected chi connectivity index (χ2v) is 8.00. The minimum Gasteiger partial charge on any atom is -0.508 e. The highest BCUT2D eigenvalue weighted by molar-refractivity contribution is 5.77. The number of phenols is 1. The number of rotatable bonds is 8. The first-order valence-electron chi connectivity index (χ1n) is 10.2. The van der Waals surface area contributed by atoms with Gasteiger partial charge in [-0.2, -0.15) is 0 Å². The smallest absolute Gasteiger partial charge is 0.347 e. The molecular formula is C25H24N2O5. The van der Waals surface area contributed by atoms with E-state index in [1.807, 2.05) is 48.5 Å². The summed E-state index contributed by atoms with van der Waals surface area (Å²) in [6.45, 7) is 4.08. The van der Waals surface area contributed by atoms with Crippen LogP contribution in [0.2, 0.25) is 0 Å². The molecule has 7 nitrogen and oxygen atoms in total. The fourth-order valence-electron chi connectivity index (χ4n) is 3.30. The Kier molecular flexibility index (Phi) is 5.83. The van der Waals surface area contributed by atoms with Gasteiger partial charge in [-0.25, -0.2) is 9.78 Å². The van der Waals surface area contributed by atoms with Crippen LogP contribution in [-0.2, 0) is 17.9 Å². The number of hydrogen-bond acceptors (Lipinski definition) is 6. The van der Waals surface area contributed by atoms with Crippen LogP contribution in [0.15, 0.2) is 71.1 Å².